The van der Waals surface area contributed by atoms with Gasteiger partial charge in [-0.05, 0) is 6.04 Å². The lowest BCUT2D eigenvalue weighted by atomic mass is 10.4. The third kappa shape index (κ3) is 4.66. The monoisotopic (exact) mass is 167 g/mol. The van der Waals surface area contributed by atoms with Gasteiger partial charge in [-0.2, -0.15) is 0 Å². The van der Waals surface area contributed by atoms with Gasteiger partial charge in [0.05, 0.1) is 0 Å². The van der Waals surface area contributed by atoms with E-state index in [2.05, 4.69) is 34.1 Å². The van der Waals surface area contributed by atoms with Crippen LogP contribution in [0.3, 0.4) is 0 Å². The minimum atomic E-state index is -0.0710. The first kappa shape index (κ1) is 6.66. The molecule has 0 saturated carbocycles. The van der Waals surface area contributed by atoms with Crippen molar-refractivity contribution >= 4 is 23.6 Å². The zero-order valence-corrected chi connectivity index (χ0v) is 7.16. The van der Waals surface area contributed by atoms with E-state index in [9.17, 15) is 0 Å². The van der Waals surface area contributed by atoms with Crippen molar-refractivity contribution in [2.45, 2.75) is 19.9 Å². The van der Waals surface area contributed by atoms with E-state index in [0.717, 1.165) is 0 Å². The first-order chi connectivity index (χ1) is 2.77. The highest BCUT2D eigenvalue weighted by atomic mass is 79.9. The summed E-state index contributed by atoms with van der Waals surface area (Å²) in [5.74, 6) is 0. The summed E-state index contributed by atoms with van der Waals surface area (Å²) in [5, 5.41) is 0. The van der Waals surface area contributed by atoms with Gasteiger partial charge in [0.2, 0.25) is 0 Å². The molecule has 0 aliphatic carbocycles. The first-order valence-corrected chi connectivity index (χ1v) is 6.67. The van der Waals surface area contributed by atoms with Crippen LogP contribution >= 0.6 is 15.3 Å². The highest BCUT2D eigenvalue weighted by Crippen LogP contribution is 1.74. The van der Waals surface area contributed by atoms with Gasteiger partial charge in [0, 0.05) is 0 Å². The number of hydrogen-bond donors (Lipinski definition) is 1. The normalized spacial score (nSPS) is 12.0. The Balaban J connectivity index is 2.63. The zero-order chi connectivity index (χ0) is 4.99. The molecule has 3 heteroatoms. The highest BCUT2D eigenvalue weighted by molar-refractivity contribution is 9.23. The maximum absolute atomic E-state index is 3.38. The summed E-state index contributed by atoms with van der Waals surface area (Å²) >= 11 is 3.38. The van der Waals surface area contributed by atoms with Gasteiger partial charge in [-0.25, -0.2) is 0 Å². The fraction of sp³-hybridized carbons (Fsp3) is 1.00. The van der Waals surface area contributed by atoms with E-state index in [0.29, 0.717) is 6.04 Å². The molecule has 0 rings (SSSR count). The fourth-order valence-corrected chi connectivity index (χ4v) is 2.41. The molecule has 0 aromatic rings. The Labute approximate surface area is 49.0 Å². The van der Waals surface area contributed by atoms with Crippen LogP contribution in [-0.4, -0.2) is 14.3 Å². The van der Waals surface area contributed by atoms with Gasteiger partial charge < -0.3 is 4.98 Å². The number of halogens is 1. The maximum atomic E-state index is 3.38. The van der Waals surface area contributed by atoms with Crippen molar-refractivity contribution in [2.24, 2.45) is 0 Å². The Morgan fingerprint density at radius 2 is 2.17 bits per heavy atom. The molecule has 0 unspecified atom stereocenters. The molecule has 1 nitrogen and oxygen atoms in total. The van der Waals surface area contributed by atoms with E-state index in [1.807, 2.05) is 0 Å². The summed E-state index contributed by atoms with van der Waals surface area (Å²) in [6, 6.07) is 0.663. The zero-order valence-electron chi connectivity index (χ0n) is 4.16. The molecule has 38 valence electrons. The van der Waals surface area contributed by atoms with Crippen LogP contribution in [0.25, 0.3) is 0 Å². The summed E-state index contributed by atoms with van der Waals surface area (Å²) in [4.78, 5) is 3.26. The quantitative estimate of drug-likeness (QED) is 0.464. The van der Waals surface area contributed by atoms with Gasteiger partial charge in [-0.3, -0.25) is 0 Å². The Morgan fingerprint density at radius 1 is 1.67 bits per heavy atom. The highest BCUT2D eigenvalue weighted by Gasteiger charge is 1.83. The number of nitrogens with one attached hydrogen (secondary N) is 1. The minimum absolute atomic E-state index is 0.0710. The molecule has 0 saturated heterocycles. The van der Waals surface area contributed by atoms with Gasteiger partial charge in [-0.1, -0.05) is 13.8 Å². The van der Waals surface area contributed by atoms with Crippen molar-refractivity contribution in [1.29, 1.82) is 0 Å². The van der Waals surface area contributed by atoms with E-state index < -0.39 is 0 Å². The lowest BCUT2D eigenvalue weighted by molar-refractivity contribution is 0.759. The van der Waals surface area contributed by atoms with Crippen LogP contribution in [0.1, 0.15) is 13.8 Å². The molecule has 0 atom stereocenters. The Morgan fingerprint density at radius 3 is 2.17 bits per heavy atom. The Hall–Kier alpha value is 0.657. The van der Waals surface area contributed by atoms with E-state index in [1.165, 1.54) is 0 Å². The molecule has 6 heavy (non-hydrogen) atoms. The van der Waals surface area contributed by atoms with E-state index in [4.69, 9.17) is 0 Å². The molecule has 0 amide bonds. The summed E-state index contributed by atoms with van der Waals surface area (Å²) in [7, 11) is -0.0710. The SMILES string of the molecule is CC(C)N[SiH2]Br. The largest absolute Gasteiger partial charge is 0.331 e. The molecule has 1 N–H and O–H groups in total. The van der Waals surface area contributed by atoms with Crippen LogP contribution in [0.5, 0.6) is 0 Å². The predicted octanol–water partition coefficient (Wildman–Crippen LogP) is 0.378. The average Bonchev–Trinajstić information content (AvgIpc) is 1.35. The van der Waals surface area contributed by atoms with Crippen LogP contribution in [0.2, 0.25) is 0 Å². The molecule has 0 aromatic carbocycles. The van der Waals surface area contributed by atoms with Crippen LogP contribution in [0.4, 0.5) is 0 Å². The molecule has 0 radical (unpaired) electrons. The van der Waals surface area contributed by atoms with E-state index >= 15 is 0 Å². The topological polar surface area (TPSA) is 12.0 Å². The second kappa shape index (κ2) is 3.83. The molecule has 0 spiro atoms. The number of rotatable bonds is 2. The van der Waals surface area contributed by atoms with Gasteiger partial charge >= 0.3 is 0 Å². The van der Waals surface area contributed by atoms with Gasteiger partial charge in [0.15, 0.2) is 8.30 Å². The smallest absolute Gasteiger partial charge is 0.168 e. The fourth-order valence-electron chi connectivity index (χ4n) is 0.154. The summed E-state index contributed by atoms with van der Waals surface area (Å²) in [5.41, 5.74) is 0. The molecule has 0 aromatic heterocycles. The summed E-state index contributed by atoms with van der Waals surface area (Å²) in [6.07, 6.45) is 0. The third-order valence-corrected chi connectivity index (χ3v) is 2.43. The van der Waals surface area contributed by atoms with Crippen molar-refractivity contribution in [3.63, 3.8) is 0 Å². The van der Waals surface area contributed by atoms with Gasteiger partial charge in [0.1, 0.15) is 0 Å². The molecular weight excluding hydrogens is 158 g/mol. The first-order valence-electron chi connectivity index (χ1n) is 2.06. The molecule has 0 aliphatic heterocycles. The summed E-state index contributed by atoms with van der Waals surface area (Å²) in [6.45, 7) is 4.29. The third-order valence-electron chi connectivity index (χ3n) is 0.485. The van der Waals surface area contributed by atoms with Gasteiger partial charge in [0.25, 0.3) is 0 Å². The van der Waals surface area contributed by atoms with Crippen LogP contribution < -0.4 is 4.98 Å². The maximum Gasteiger partial charge on any atom is 0.168 e. The second-order valence-electron chi connectivity index (χ2n) is 1.49. The van der Waals surface area contributed by atoms with Crippen molar-refractivity contribution in [3.05, 3.63) is 0 Å². The standard InChI is InChI=1S/C3H10BrNSi/c1-3(2)5-6-4/h3,5H,6H2,1-2H3. The molecule has 0 aliphatic rings. The molecular formula is C3H10BrNSi. The van der Waals surface area contributed by atoms with E-state index in [-0.39, 0.29) is 8.30 Å². The molecule has 0 heterocycles. The molecule has 0 fully saturated rings. The molecule has 0 bridgehead atoms. The summed E-state index contributed by atoms with van der Waals surface area (Å²) < 4.78 is 0. The Bertz CT molecular complexity index is 32.0. The van der Waals surface area contributed by atoms with Crippen molar-refractivity contribution in [1.82, 2.24) is 4.98 Å². The minimum Gasteiger partial charge on any atom is -0.331 e. The van der Waals surface area contributed by atoms with Crippen LogP contribution in [-0.2, 0) is 0 Å². The van der Waals surface area contributed by atoms with Crippen molar-refractivity contribution < 1.29 is 0 Å². The average molecular weight is 168 g/mol. The van der Waals surface area contributed by atoms with Crippen molar-refractivity contribution in [2.75, 3.05) is 0 Å². The van der Waals surface area contributed by atoms with Gasteiger partial charge in [-0.15, -0.1) is 15.3 Å². The second-order valence-corrected chi connectivity index (χ2v) is 3.85. The lowest BCUT2D eigenvalue weighted by Gasteiger charge is -1.99. The van der Waals surface area contributed by atoms with Crippen LogP contribution in [0.15, 0.2) is 0 Å². The Kier molecular flexibility index (Phi) is 4.25. The van der Waals surface area contributed by atoms with Crippen molar-refractivity contribution in [3.8, 4) is 0 Å². The number of hydrogen-bond acceptors (Lipinski definition) is 1. The van der Waals surface area contributed by atoms with Crippen LogP contribution in [0, 0.1) is 0 Å². The van der Waals surface area contributed by atoms with E-state index in [1.54, 1.807) is 0 Å². The lowest BCUT2D eigenvalue weighted by Crippen LogP contribution is -2.22. The predicted molar refractivity (Wildman–Crippen MR) is 35.7 cm³/mol.